The van der Waals surface area contributed by atoms with Crippen molar-refractivity contribution in [3.63, 3.8) is 0 Å². The fraction of sp³-hybridized carbons (Fsp3) is 0.455. The Hall–Kier alpha value is -1.29. The molecule has 4 nitrogen and oxygen atoms in total. The second kappa shape index (κ2) is 4.29. The maximum Gasteiger partial charge on any atom is 0.0952 e. The Bertz CT molecular complexity index is 484. The Labute approximate surface area is 99.9 Å². The zero-order chi connectivity index (χ0) is 11.7. The van der Waals surface area contributed by atoms with Crippen molar-refractivity contribution in [2.45, 2.75) is 25.8 Å². The number of aryl methyl sites for hydroxylation is 1. The minimum Gasteiger partial charge on any atom is -0.332 e. The van der Waals surface area contributed by atoms with E-state index in [-0.39, 0.29) is 0 Å². The molecule has 0 N–H and O–H groups in total. The largest absolute Gasteiger partial charge is 0.332 e. The first-order chi connectivity index (χ1) is 7.65. The molecule has 0 saturated heterocycles. The quantitative estimate of drug-likeness (QED) is 0.771. The van der Waals surface area contributed by atoms with Gasteiger partial charge in [-0.2, -0.15) is 5.10 Å². The van der Waals surface area contributed by atoms with Gasteiger partial charge in [-0.15, -0.1) is 11.6 Å². The molecule has 0 radical (unpaired) electrons. The molecule has 5 heteroatoms. The average Bonchev–Trinajstić information content (AvgIpc) is 2.82. The highest BCUT2D eigenvalue weighted by molar-refractivity contribution is 6.17. The molecule has 2 heterocycles. The molecule has 2 aromatic heterocycles. The Balaban J connectivity index is 2.58. The summed E-state index contributed by atoms with van der Waals surface area (Å²) in [7, 11) is 1.97. The predicted octanol–water partition coefficient (Wildman–Crippen LogP) is 2.60. The van der Waals surface area contributed by atoms with E-state index in [4.69, 9.17) is 11.6 Å². The summed E-state index contributed by atoms with van der Waals surface area (Å²) >= 11 is 5.89. The van der Waals surface area contributed by atoms with Crippen molar-refractivity contribution in [1.29, 1.82) is 0 Å². The first-order valence-corrected chi connectivity index (χ1v) is 5.78. The van der Waals surface area contributed by atoms with E-state index in [2.05, 4.69) is 23.9 Å². The average molecular weight is 239 g/mol. The first-order valence-electron chi connectivity index (χ1n) is 5.25. The molecule has 0 aliphatic carbocycles. The van der Waals surface area contributed by atoms with Gasteiger partial charge in [0.2, 0.25) is 0 Å². The predicted molar refractivity (Wildman–Crippen MR) is 64.4 cm³/mol. The Morgan fingerprint density at radius 1 is 1.44 bits per heavy atom. The van der Waals surface area contributed by atoms with Crippen LogP contribution in [0.25, 0.3) is 11.4 Å². The third-order valence-electron chi connectivity index (χ3n) is 2.54. The van der Waals surface area contributed by atoms with Crippen LogP contribution in [-0.4, -0.2) is 19.3 Å². The number of halogens is 1. The van der Waals surface area contributed by atoms with Crippen LogP contribution in [0.2, 0.25) is 0 Å². The van der Waals surface area contributed by atoms with E-state index in [1.54, 1.807) is 12.5 Å². The number of nitrogens with zero attached hydrogens (tertiary/aromatic N) is 4. The van der Waals surface area contributed by atoms with Gasteiger partial charge in [-0.1, -0.05) is 0 Å². The van der Waals surface area contributed by atoms with E-state index in [0.717, 1.165) is 17.1 Å². The van der Waals surface area contributed by atoms with Crippen molar-refractivity contribution < 1.29 is 0 Å². The SMILES string of the molecule is CC(C)n1nccc1-c1c(CCl)ncn1C. The molecule has 0 spiro atoms. The maximum absolute atomic E-state index is 5.89. The van der Waals surface area contributed by atoms with Crippen molar-refractivity contribution in [1.82, 2.24) is 19.3 Å². The highest BCUT2D eigenvalue weighted by Gasteiger charge is 2.15. The number of aromatic nitrogens is 4. The van der Waals surface area contributed by atoms with Crippen LogP contribution in [-0.2, 0) is 12.9 Å². The lowest BCUT2D eigenvalue weighted by atomic mass is 10.2. The zero-order valence-electron chi connectivity index (χ0n) is 9.68. The molecule has 0 amide bonds. The van der Waals surface area contributed by atoms with E-state index in [9.17, 15) is 0 Å². The van der Waals surface area contributed by atoms with E-state index in [1.807, 2.05) is 22.4 Å². The number of hydrogen-bond donors (Lipinski definition) is 0. The van der Waals surface area contributed by atoms with Crippen LogP contribution in [0.4, 0.5) is 0 Å². The minimum absolute atomic E-state index is 0.322. The molecule has 0 fully saturated rings. The van der Waals surface area contributed by atoms with Gasteiger partial charge in [-0.3, -0.25) is 4.68 Å². The summed E-state index contributed by atoms with van der Waals surface area (Å²) in [6.07, 6.45) is 3.59. The maximum atomic E-state index is 5.89. The van der Waals surface area contributed by atoms with E-state index in [0.29, 0.717) is 11.9 Å². The topological polar surface area (TPSA) is 35.6 Å². The van der Waals surface area contributed by atoms with Crippen molar-refractivity contribution in [3.8, 4) is 11.4 Å². The molecule has 2 aromatic rings. The molecule has 0 unspecified atom stereocenters. The van der Waals surface area contributed by atoms with Crippen LogP contribution in [0.1, 0.15) is 25.6 Å². The summed E-state index contributed by atoms with van der Waals surface area (Å²) in [4.78, 5) is 4.28. The molecule has 0 aliphatic rings. The fourth-order valence-electron chi connectivity index (χ4n) is 1.82. The van der Waals surface area contributed by atoms with Gasteiger partial charge >= 0.3 is 0 Å². The van der Waals surface area contributed by atoms with E-state index < -0.39 is 0 Å². The standard InChI is InChI=1S/C11H15ClN4/c1-8(2)16-10(4-5-14-16)11-9(6-12)13-7-15(11)3/h4-5,7-8H,6H2,1-3H3. The van der Waals surface area contributed by atoms with Crippen molar-refractivity contribution in [2.75, 3.05) is 0 Å². The van der Waals surface area contributed by atoms with Gasteiger partial charge in [-0.25, -0.2) is 4.98 Å². The van der Waals surface area contributed by atoms with E-state index in [1.165, 1.54) is 0 Å². The van der Waals surface area contributed by atoms with Crippen LogP contribution in [0.5, 0.6) is 0 Å². The highest BCUT2D eigenvalue weighted by atomic mass is 35.5. The summed E-state index contributed by atoms with van der Waals surface area (Å²) in [6.45, 7) is 4.21. The first kappa shape index (κ1) is 11.2. The summed E-state index contributed by atoms with van der Waals surface area (Å²) in [6, 6.07) is 2.32. The number of alkyl halides is 1. The van der Waals surface area contributed by atoms with Gasteiger partial charge in [0.25, 0.3) is 0 Å². The van der Waals surface area contributed by atoms with Crippen LogP contribution >= 0.6 is 11.6 Å². The monoisotopic (exact) mass is 238 g/mol. The summed E-state index contributed by atoms with van der Waals surface area (Å²) in [5.41, 5.74) is 3.00. The van der Waals surface area contributed by atoms with Crippen molar-refractivity contribution >= 4 is 11.6 Å². The summed E-state index contributed by atoms with van der Waals surface area (Å²) < 4.78 is 3.96. The van der Waals surface area contributed by atoms with Crippen molar-refractivity contribution in [2.24, 2.45) is 7.05 Å². The molecule has 0 saturated carbocycles. The van der Waals surface area contributed by atoms with Crippen molar-refractivity contribution in [3.05, 3.63) is 24.3 Å². The van der Waals surface area contributed by atoms with Gasteiger partial charge in [0.1, 0.15) is 0 Å². The summed E-state index contributed by atoms with van der Waals surface area (Å²) in [5, 5.41) is 4.32. The lowest BCUT2D eigenvalue weighted by Gasteiger charge is -2.12. The molecule has 0 aromatic carbocycles. The van der Waals surface area contributed by atoms with Gasteiger partial charge in [0.05, 0.1) is 29.3 Å². The molecular formula is C11H15ClN4. The third kappa shape index (κ3) is 1.73. The molecule has 16 heavy (non-hydrogen) atoms. The zero-order valence-corrected chi connectivity index (χ0v) is 10.4. The Morgan fingerprint density at radius 3 is 2.81 bits per heavy atom. The Morgan fingerprint density at radius 2 is 2.19 bits per heavy atom. The molecule has 86 valence electrons. The molecule has 2 rings (SSSR count). The summed E-state index contributed by atoms with van der Waals surface area (Å²) in [5.74, 6) is 0.416. The third-order valence-corrected chi connectivity index (χ3v) is 2.79. The molecule has 0 bridgehead atoms. The van der Waals surface area contributed by atoms with Crippen LogP contribution < -0.4 is 0 Å². The number of rotatable bonds is 3. The van der Waals surface area contributed by atoms with Gasteiger partial charge in [-0.05, 0) is 19.9 Å². The Kier molecular flexibility index (Phi) is 3.01. The minimum atomic E-state index is 0.322. The van der Waals surface area contributed by atoms with Gasteiger partial charge in [0.15, 0.2) is 0 Å². The molecule has 0 aliphatic heterocycles. The fourth-order valence-corrected chi connectivity index (χ4v) is 2.01. The second-order valence-corrected chi connectivity index (χ2v) is 4.31. The highest BCUT2D eigenvalue weighted by Crippen LogP contribution is 2.25. The van der Waals surface area contributed by atoms with Gasteiger partial charge < -0.3 is 4.57 Å². The normalized spacial score (nSPS) is 11.3. The molecular weight excluding hydrogens is 224 g/mol. The smallest absolute Gasteiger partial charge is 0.0952 e. The molecule has 0 atom stereocenters. The number of imidazole rings is 1. The lowest BCUT2D eigenvalue weighted by molar-refractivity contribution is 0.536. The number of hydrogen-bond acceptors (Lipinski definition) is 2. The van der Waals surface area contributed by atoms with Crippen LogP contribution in [0.15, 0.2) is 18.6 Å². The lowest BCUT2D eigenvalue weighted by Crippen LogP contribution is -2.07. The van der Waals surface area contributed by atoms with Crippen LogP contribution in [0.3, 0.4) is 0 Å². The van der Waals surface area contributed by atoms with Crippen LogP contribution in [0, 0.1) is 0 Å². The van der Waals surface area contributed by atoms with E-state index >= 15 is 0 Å². The second-order valence-electron chi connectivity index (χ2n) is 4.04. The van der Waals surface area contributed by atoms with Gasteiger partial charge in [0, 0.05) is 19.3 Å².